The Balaban J connectivity index is 1.57. The summed E-state index contributed by atoms with van der Waals surface area (Å²) in [7, 11) is 1.62. The van der Waals surface area contributed by atoms with E-state index in [1.54, 1.807) is 13.2 Å². The maximum absolute atomic E-state index is 13.6. The van der Waals surface area contributed by atoms with Gasteiger partial charge in [-0.15, -0.1) is 0 Å². The Morgan fingerprint density at radius 2 is 2.04 bits per heavy atom. The lowest BCUT2D eigenvalue weighted by atomic mass is 10.0. The van der Waals surface area contributed by atoms with Gasteiger partial charge < -0.3 is 15.0 Å². The van der Waals surface area contributed by atoms with E-state index >= 15 is 0 Å². The Kier molecular flexibility index (Phi) is 6.06. The Labute approximate surface area is 158 Å². The summed E-state index contributed by atoms with van der Waals surface area (Å²) in [5, 5.41) is 2.62. The molecule has 1 atom stereocenters. The van der Waals surface area contributed by atoms with Crippen molar-refractivity contribution in [3.05, 3.63) is 65.5 Å². The number of carbonyl (C=O) groups excluding carboxylic acids is 2. The molecule has 1 aliphatic heterocycles. The SMILES string of the molecule is COc1cccc([C@H]2CCCN2C(=O)CCNC(=O)c2ccccc2F)c1. The third kappa shape index (κ3) is 4.45. The highest BCUT2D eigenvalue weighted by Crippen LogP contribution is 2.33. The minimum Gasteiger partial charge on any atom is -0.497 e. The van der Waals surface area contributed by atoms with E-state index in [2.05, 4.69) is 5.32 Å². The number of methoxy groups -OCH3 is 1. The lowest BCUT2D eigenvalue weighted by Crippen LogP contribution is -2.34. The van der Waals surface area contributed by atoms with Crippen LogP contribution in [0.1, 0.15) is 41.2 Å². The number of nitrogens with one attached hydrogen (secondary N) is 1. The normalized spacial score (nSPS) is 16.2. The van der Waals surface area contributed by atoms with Gasteiger partial charge in [0.05, 0.1) is 18.7 Å². The average Bonchev–Trinajstić information content (AvgIpc) is 3.18. The van der Waals surface area contributed by atoms with E-state index in [4.69, 9.17) is 4.74 Å². The van der Waals surface area contributed by atoms with Crippen LogP contribution in [0.15, 0.2) is 48.5 Å². The van der Waals surface area contributed by atoms with Crippen LogP contribution < -0.4 is 10.1 Å². The third-order valence-electron chi connectivity index (χ3n) is 4.79. The van der Waals surface area contributed by atoms with Crippen LogP contribution in [-0.2, 0) is 4.79 Å². The van der Waals surface area contributed by atoms with E-state index in [0.29, 0.717) is 6.54 Å². The van der Waals surface area contributed by atoms with Gasteiger partial charge in [-0.1, -0.05) is 24.3 Å². The Morgan fingerprint density at radius 3 is 2.81 bits per heavy atom. The highest BCUT2D eigenvalue weighted by molar-refractivity contribution is 5.94. The number of benzene rings is 2. The van der Waals surface area contributed by atoms with Crippen LogP contribution in [0.4, 0.5) is 4.39 Å². The first kappa shape index (κ1) is 18.9. The molecule has 2 amide bonds. The summed E-state index contributed by atoms with van der Waals surface area (Å²) in [6.45, 7) is 0.870. The molecule has 142 valence electrons. The van der Waals surface area contributed by atoms with Crippen molar-refractivity contribution in [1.29, 1.82) is 0 Å². The summed E-state index contributed by atoms with van der Waals surface area (Å²) in [6, 6.07) is 13.6. The first-order valence-corrected chi connectivity index (χ1v) is 9.06. The van der Waals surface area contributed by atoms with Crippen molar-refractivity contribution in [2.75, 3.05) is 20.2 Å². The summed E-state index contributed by atoms with van der Waals surface area (Å²) in [5.41, 5.74) is 1.04. The van der Waals surface area contributed by atoms with Crippen molar-refractivity contribution in [3.63, 3.8) is 0 Å². The smallest absolute Gasteiger partial charge is 0.254 e. The van der Waals surface area contributed by atoms with Crippen LogP contribution >= 0.6 is 0 Å². The molecule has 1 aliphatic rings. The molecular formula is C21H23FN2O3. The number of rotatable bonds is 6. The first-order chi connectivity index (χ1) is 13.1. The maximum atomic E-state index is 13.6. The summed E-state index contributed by atoms with van der Waals surface area (Å²) < 4.78 is 18.9. The van der Waals surface area contributed by atoms with E-state index in [0.717, 1.165) is 24.2 Å². The quantitative estimate of drug-likeness (QED) is 0.849. The lowest BCUT2D eigenvalue weighted by molar-refractivity contribution is -0.132. The van der Waals surface area contributed by atoms with Crippen molar-refractivity contribution < 1.29 is 18.7 Å². The van der Waals surface area contributed by atoms with Crippen molar-refractivity contribution in [2.24, 2.45) is 0 Å². The highest BCUT2D eigenvalue weighted by Gasteiger charge is 2.29. The van der Waals surface area contributed by atoms with Crippen LogP contribution in [0.25, 0.3) is 0 Å². The van der Waals surface area contributed by atoms with Gasteiger partial charge >= 0.3 is 0 Å². The van der Waals surface area contributed by atoms with Crippen molar-refractivity contribution in [2.45, 2.75) is 25.3 Å². The molecule has 1 N–H and O–H groups in total. The largest absolute Gasteiger partial charge is 0.497 e. The number of nitrogens with zero attached hydrogens (tertiary/aromatic N) is 1. The topological polar surface area (TPSA) is 58.6 Å². The molecule has 0 spiro atoms. The summed E-state index contributed by atoms with van der Waals surface area (Å²) in [4.78, 5) is 26.5. The molecule has 0 bridgehead atoms. The first-order valence-electron chi connectivity index (χ1n) is 9.06. The van der Waals surface area contributed by atoms with Gasteiger partial charge in [-0.05, 0) is 42.7 Å². The van der Waals surface area contributed by atoms with Crippen LogP contribution in [0, 0.1) is 5.82 Å². The van der Waals surface area contributed by atoms with Crippen molar-refractivity contribution in [1.82, 2.24) is 10.2 Å². The number of hydrogen-bond acceptors (Lipinski definition) is 3. The third-order valence-corrected chi connectivity index (χ3v) is 4.79. The zero-order valence-corrected chi connectivity index (χ0v) is 15.3. The molecule has 5 nitrogen and oxygen atoms in total. The van der Waals surface area contributed by atoms with Crippen LogP contribution in [0.5, 0.6) is 5.75 Å². The zero-order chi connectivity index (χ0) is 19.2. The van der Waals surface area contributed by atoms with Gasteiger partial charge in [0, 0.05) is 19.5 Å². The minimum absolute atomic E-state index is 0.0135. The van der Waals surface area contributed by atoms with Crippen LogP contribution in [0.2, 0.25) is 0 Å². The van der Waals surface area contributed by atoms with Gasteiger partial charge in [0.1, 0.15) is 11.6 Å². The van der Waals surface area contributed by atoms with E-state index in [-0.39, 0.29) is 30.5 Å². The van der Waals surface area contributed by atoms with Crippen LogP contribution in [-0.4, -0.2) is 36.9 Å². The molecule has 0 unspecified atom stereocenters. The predicted molar refractivity (Wildman–Crippen MR) is 100 cm³/mol. The monoisotopic (exact) mass is 370 g/mol. The summed E-state index contributed by atoms with van der Waals surface area (Å²) in [5.74, 6) is -0.330. The van der Waals surface area contributed by atoms with E-state index in [1.807, 2.05) is 29.2 Å². The van der Waals surface area contributed by atoms with Gasteiger partial charge in [-0.2, -0.15) is 0 Å². The molecule has 6 heteroatoms. The Morgan fingerprint density at radius 1 is 1.22 bits per heavy atom. The molecule has 1 heterocycles. The van der Waals surface area contributed by atoms with E-state index in [1.165, 1.54) is 18.2 Å². The summed E-state index contributed by atoms with van der Waals surface area (Å²) >= 11 is 0. The molecular weight excluding hydrogens is 347 g/mol. The molecule has 1 saturated heterocycles. The molecule has 0 aliphatic carbocycles. The highest BCUT2D eigenvalue weighted by atomic mass is 19.1. The second kappa shape index (κ2) is 8.66. The molecule has 3 rings (SSSR count). The minimum atomic E-state index is -0.570. The van der Waals surface area contributed by atoms with Gasteiger partial charge in [0.25, 0.3) is 5.91 Å². The summed E-state index contributed by atoms with van der Waals surface area (Å²) in [6.07, 6.45) is 2.02. The fourth-order valence-corrected chi connectivity index (χ4v) is 3.43. The van der Waals surface area contributed by atoms with E-state index < -0.39 is 11.7 Å². The van der Waals surface area contributed by atoms with Crippen molar-refractivity contribution in [3.8, 4) is 5.75 Å². The number of carbonyl (C=O) groups is 2. The molecule has 27 heavy (non-hydrogen) atoms. The molecule has 0 aromatic heterocycles. The van der Waals surface area contributed by atoms with Gasteiger partial charge in [0.2, 0.25) is 5.91 Å². The predicted octanol–water partition coefficient (Wildman–Crippen LogP) is 3.32. The second-order valence-corrected chi connectivity index (χ2v) is 6.51. The number of amides is 2. The lowest BCUT2D eigenvalue weighted by Gasteiger charge is -2.25. The number of halogens is 1. The maximum Gasteiger partial charge on any atom is 0.254 e. The Bertz CT molecular complexity index is 825. The number of ether oxygens (including phenoxy) is 1. The fourth-order valence-electron chi connectivity index (χ4n) is 3.43. The Hall–Kier alpha value is -2.89. The van der Waals surface area contributed by atoms with Gasteiger partial charge in [-0.25, -0.2) is 4.39 Å². The standard InChI is InChI=1S/C21H23FN2O3/c1-27-16-7-4-6-15(14-16)19-10-5-13-24(19)20(25)11-12-23-21(26)17-8-2-3-9-18(17)22/h2-4,6-9,14,19H,5,10-13H2,1H3,(H,23,26)/t19-/m1/s1. The molecule has 2 aromatic rings. The fraction of sp³-hybridized carbons (Fsp3) is 0.333. The van der Waals surface area contributed by atoms with Gasteiger partial charge in [0.15, 0.2) is 0 Å². The number of likely N-dealkylation sites (tertiary alicyclic amines) is 1. The van der Waals surface area contributed by atoms with Crippen molar-refractivity contribution >= 4 is 11.8 Å². The molecule has 1 fully saturated rings. The molecule has 2 aromatic carbocycles. The molecule has 0 radical (unpaired) electrons. The van der Waals surface area contributed by atoms with Crippen LogP contribution in [0.3, 0.4) is 0 Å². The average molecular weight is 370 g/mol. The van der Waals surface area contributed by atoms with E-state index in [9.17, 15) is 14.0 Å². The second-order valence-electron chi connectivity index (χ2n) is 6.51. The molecule has 0 saturated carbocycles. The zero-order valence-electron chi connectivity index (χ0n) is 15.3. The van der Waals surface area contributed by atoms with Gasteiger partial charge in [-0.3, -0.25) is 9.59 Å². The number of hydrogen-bond donors (Lipinski definition) is 1.